The Kier molecular flexibility index (Phi) is 4.33. The van der Waals surface area contributed by atoms with Gasteiger partial charge in [-0.1, -0.05) is 0 Å². The van der Waals surface area contributed by atoms with Gasteiger partial charge in [-0.25, -0.2) is 4.98 Å². The molecule has 2 heterocycles. The van der Waals surface area contributed by atoms with E-state index in [1.807, 2.05) is 14.0 Å². The second-order valence-corrected chi connectivity index (χ2v) is 4.42. The lowest BCUT2D eigenvalue weighted by Gasteiger charge is -2.27. The van der Waals surface area contributed by atoms with Crippen LogP contribution in [0.3, 0.4) is 0 Å². The summed E-state index contributed by atoms with van der Waals surface area (Å²) in [5.41, 5.74) is 2.07. The molecular formula is C12H20N4O2. The fourth-order valence-corrected chi connectivity index (χ4v) is 2.07. The van der Waals surface area contributed by atoms with E-state index >= 15 is 0 Å². The summed E-state index contributed by atoms with van der Waals surface area (Å²) in [5.74, 6) is 0.100. The van der Waals surface area contributed by atoms with Gasteiger partial charge in [-0.3, -0.25) is 10.1 Å². The van der Waals surface area contributed by atoms with E-state index in [9.17, 15) is 4.79 Å². The predicted octanol–water partition coefficient (Wildman–Crippen LogP) is -0.0811. The Labute approximate surface area is 107 Å². The summed E-state index contributed by atoms with van der Waals surface area (Å²) in [4.78, 5) is 21.2. The van der Waals surface area contributed by atoms with Crippen molar-refractivity contribution in [3.8, 4) is 0 Å². The summed E-state index contributed by atoms with van der Waals surface area (Å²) in [7, 11) is 1.81. The molecule has 6 nitrogen and oxygen atoms in total. The number of aromatic amines is 1. The number of fused-ring (bicyclic) bond motifs is 1. The van der Waals surface area contributed by atoms with Gasteiger partial charge in [0.1, 0.15) is 0 Å². The number of hydrogen-bond acceptors (Lipinski definition) is 4. The zero-order valence-electron chi connectivity index (χ0n) is 10.9. The number of imidazole rings is 1. The average Bonchev–Trinajstić information content (AvgIpc) is 2.85. The third-order valence-corrected chi connectivity index (χ3v) is 3.18. The van der Waals surface area contributed by atoms with Crippen molar-refractivity contribution in [2.45, 2.75) is 25.9 Å². The lowest BCUT2D eigenvalue weighted by atomic mass is 10.0. The highest BCUT2D eigenvalue weighted by molar-refractivity contribution is 5.82. The molecule has 0 bridgehead atoms. The van der Waals surface area contributed by atoms with Crippen molar-refractivity contribution in [3.63, 3.8) is 0 Å². The lowest BCUT2D eigenvalue weighted by molar-refractivity contribution is -0.133. The van der Waals surface area contributed by atoms with E-state index in [1.165, 1.54) is 0 Å². The Balaban J connectivity index is 1.87. The molecule has 0 saturated heterocycles. The number of ether oxygens (including phenoxy) is 1. The largest absolute Gasteiger partial charge is 0.380 e. The van der Waals surface area contributed by atoms with Gasteiger partial charge in [0.25, 0.3) is 0 Å². The predicted molar refractivity (Wildman–Crippen MR) is 67.0 cm³/mol. The quantitative estimate of drug-likeness (QED) is 0.719. The zero-order valence-corrected chi connectivity index (χ0v) is 10.9. The van der Waals surface area contributed by atoms with E-state index in [1.54, 1.807) is 11.2 Å². The molecule has 2 rings (SSSR count). The zero-order chi connectivity index (χ0) is 13.0. The Bertz CT molecular complexity index is 405. The lowest BCUT2D eigenvalue weighted by Crippen LogP contribution is -2.49. The van der Waals surface area contributed by atoms with Gasteiger partial charge in [0.15, 0.2) is 0 Å². The molecule has 2 N–H and O–H groups in total. The van der Waals surface area contributed by atoms with Crippen LogP contribution in [-0.2, 0) is 22.5 Å². The molecule has 0 radical (unpaired) electrons. The molecule has 0 spiro atoms. The number of hydrogen-bond donors (Lipinski definition) is 2. The van der Waals surface area contributed by atoms with E-state index in [2.05, 4.69) is 15.3 Å². The molecule has 0 saturated carbocycles. The number of amides is 1. The summed E-state index contributed by atoms with van der Waals surface area (Å²) >= 11 is 0. The first-order valence-corrected chi connectivity index (χ1v) is 6.29. The van der Waals surface area contributed by atoms with Gasteiger partial charge >= 0.3 is 0 Å². The normalized spacial score (nSPS) is 18.4. The van der Waals surface area contributed by atoms with Crippen molar-refractivity contribution in [2.24, 2.45) is 0 Å². The van der Waals surface area contributed by atoms with Gasteiger partial charge in [-0.2, -0.15) is 0 Å². The van der Waals surface area contributed by atoms with Gasteiger partial charge in [0.05, 0.1) is 30.4 Å². The molecule has 0 aliphatic carbocycles. The molecule has 1 aliphatic rings. The molecular weight excluding hydrogens is 232 g/mol. The summed E-state index contributed by atoms with van der Waals surface area (Å²) in [6.45, 7) is 4.51. The topological polar surface area (TPSA) is 70.2 Å². The number of rotatable bonds is 5. The Morgan fingerprint density at radius 1 is 1.67 bits per heavy atom. The third-order valence-electron chi connectivity index (χ3n) is 3.18. The van der Waals surface area contributed by atoms with Crippen LogP contribution in [0.4, 0.5) is 0 Å². The van der Waals surface area contributed by atoms with Crippen LogP contribution >= 0.6 is 0 Å². The molecule has 1 unspecified atom stereocenters. The van der Waals surface area contributed by atoms with Crippen LogP contribution in [0, 0.1) is 0 Å². The summed E-state index contributed by atoms with van der Waals surface area (Å²) in [6.07, 6.45) is 2.33. The fraction of sp³-hybridized carbons (Fsp3) is 0.667. The summed E-state index contributed by atoms with van der Waals surface area (Å²) in [6, 6.07) is -0.174. The number of aromatic nitrogens is 2. The first kappa shape index (κ1) is 13.0. The van der Waals surface area contributed by atoms with E-state index in [0.29, 0.717) is 32.7 Å². The highest BCUT2D eigenvalue weighted by Gasteiger charge is 2.27. The molecule has 1 aliphatic heterocycles. The summed E-state index contributed by atoms with van der Waals surface area (Å²) < 4.78 is 5.25. The fourth-order valence-electron chi connectivity index (χ4n) is 2.07. The van der Waals surface area contributed by atoms with Gasteiger partial charge in [0.2, 0.25) is 5.91 Å². The molecule has 100 valence electrons. The Morgan fingerprint density at radius 2 is 2.50 bits per heavy atom. The SMILES string of the molecule is CCOCCN(C)C(=O)C1Cc2nc[nH]c2CN1. The first-order chi connectivity index (χ1) is 8.72. The molecule has 1 atom stereocenters. The van der Waals surface area contributed by atoms with Crippen LogP contribution in [0.25, 0.3) is 0 Å². The average molecular weight is 252 g/mol. The number of carbonyl (C=O) groups excluding carboxylic acids is 1. The minimum atomic E-state index is -0.174. The number of nitrogens with one attached hydrogen (secondary N) is 2. The van der Waals surface area contributed by atoms with Gasteiger partial charge in [-0.15, -0.1) is 0 Å². The van der Waals surface area contributed by atoms with E-state index in [4.69, 9.17) is 4.74 Å². The van der Waals surface area contributed by atoms with Crippen LogP contribution in [0.5, 0.6) is 0 Å². The Hall–Kier alpha value is -1.40. The van der Waals surface area contributed by atoms with Crippen LogP contribution in [0.2, 0.25) is 0 Å². The minimum Gasteiger partial charge on any atom is -0.380 e. The van der Waals surface area contributed by atoms with E-state index in [0.717, 1.165) is 11.4 Å². The number of carbonyl (C=O) groups is 1. The van der Waals surface area contributed by atoms with Crippen molar-refractivity contribution in [3.05, 3.63) is 17.7 Å². The van der Waals surface area contributed by atoms with E-state index in [-0.39, 0.29) is 11.9 Å². The van der Waals surface area contributed by atoms with Crippen molar-refractivity contribution >= 4 is 5.91 Å². The van der Waals surface area contributed by atoms with Crippen LogP contribution in [0.1, 0.15) is 18.3 Å². The molecule has 1 aromatic rings. The first-order valence-electron chi connectivity index (χ1n) is 6.29. The molecule has 18 heavy (non-hydrogen) atoms. The standard InChI is InChI=1S/C12H20N4O2/c1-3-18-5-4-16(2)12(17)10-6-9-11(7-13-10)15-8-14-9/h8,10,13H,3-7H2,1-2H3,(H,14,15). The monoisotopic (exact) mass is 252 g/mol. The smallest absolute Gasteiger partial charge is 0.239 e. The van der Waals surface area contributed by atoms with Crippen molar-refractivity contribution in [1.29, 1.82) is 0 Å². The maximum absolute atomic E-state index is 12.2. The molecule has 6 heteroatoms. The number of likely N-dealkylation sites (N-methyl/N-ethyl adjacent to an activating group) is 1. The van der Waals surface area contributed by atoms with Gasteiger partial charge < -0.3 is 14.6 Å². The van der Waals surface area contributed by atoms with Gasteiger partial charge in [0, 0.05) is 33.2 Å². The second-order valence-electron chi connectivity index (χ2n) is 4.42. The highest BCUT2D eigenvalue weighted by atomic mass is 16.5. The maximum Gasteiger partial charge on any atom is 0.239 e. The minimum absolute atomic E-state index is 0.100. The van der Waals surface area contributed by atoms with Crippen molar-refractivity contribution in [2.75, 3.05) is 26.8 Å². The summed E-state index contributed by atoms with van der Waals surface area (Å²) in [5, 5.41) is 3.23. The van der Waals surface area contributed by atoms with Crippen molar-refractivity contribution in [1.82, 2.24) is 20.2 Å². The Morgan fingerprint density at radius 3 is 3.28 bits per heavy atom. The van der Waals surface area contributed by atoms with Crippen LogP contribution < -0.4 is 5.32 Å². The maximum atomic E-state index is 12.2. The van der Waals surface area contributed by atoms with E-state index < -0.39 is 0 Å². The number of nitrogens with zero attached hydrogens (tertiary/aromatic N) is 2. The van der Waals surface area contributed by atoms with Gasteiger partial charge in [-0.05, 0) is 6.92 Å². The third kappa shape index (κ3) is 2.88. The molecule has 0 aromatic carbocycles. The van der Waals surface area contributed by atoms with Crippen LogP contribution in [-0.4, -0.2) is 53.6 Å². The molecule has 1 aromatic heterocycles. The molecule has 0 fully saturated rings. The van der Waals surface area contributed by atoms with Crippen molar-refractivity contribution < 1.29 is 9.53 Å². The number of H-pyrrole nitrogens is 1. The molecule has 1 amide bonds. The highest BCUT2D eigenvalue weighted by Crippen LogP contribution is 2.13. The van der Waals surface area contributed by atoms with Crippen LogP contribution in [0.15, 0.2) is 6.33 Å². The second kappa shape index (κ2) is 5.97.